The Balaban J connectivity index is 2.02. The molecule has 3 heterocycles. The van der Waals surface area contributed by atoms with Crippen LogP contribution < -0.4 is 0 Å². The Hall–Kier alpha value is -2.30. The lowest BCUT2D eigenvalue weighted by Gasteiger charge is -2.22. The number of esters is 2. The van der Waals surface area contributed by atoms with Gasteiger partial charge in [-0.25, -0.2) is 15.0 Å². The first-order valence-electron chi connectivity index (χ1n) is 6.89. The first kappa shape index (κ1) is 16.6. The summed E-state index contributed by atoms with van der Waals surface area (Å²) in [6.45, 7) is 2.36. The number of aliphatic hydroxyl groups is 1. The molecule has 0 aromatic carbocycles. The lowest BCUT2D eigenvalue weighted by atomic mass is 10.2. The van der Waals surface area contributed by atoms with Crippen LogP contribution in [0.5, 0.6) is 0 Å². The zero-order chi connectivity index (χ0) is 17.4. The van der Waals surface area contributed by atoms with Crippen LogP contribution in [0.2, 0.25) is 5.15 Å². The molecule has 4 atom stereocenters. The standard InChI is InChI=1S/C13H13ClN4O6/c1-5(19)22-8-9(23-6(2)20)13(21)24-12(8)18-4-17-7-10(14)15-3-16-11(7)18/h3-4,8-9,12-13,21H,1-2H3/t8-,9-,12-,13-/m1/s1. The van der Waals surface area contributed by atoms with Crippen molar-refractivity contribution in [3.8, 4) is 0 Å². The van der Waals surface area contributed by atoms with Crippen molar-refractivity contribution in [3.05, 3.63) is 17.8 Å². The van der Waals surface area contributed by atoms with Gasteiger partial charge in [0.25, 0.3) is 0 Å². The minimum Gasteiger partial charge on any atom is -0.453 e. The predicted octanol–water partition coefficient (Wildman–Crippen LogP) is 0.190. The number of imidazole rings is 1. The third-order valence-electron chi connectivity index (χ3n) is 3.36. The minimum atomic E-state index is -1.49. The normalized spacial score (nSPS) is 26.5. The molecular formula is C13H13ClN4O6. The number of aromatic nitrogens is 4. The second-order valence-electron chi connectivity index (χ2n) is 5.05. The molecule has 2 aromatic rings. The largest absolute Gasteiger partial charge is 0.453 e. The van der Waals surface area contributed by atoms with E-state index in [1.54, 1.807) is 0 Å². The van der Waals surface area contributed by atoms with Gasteiger partial charge in [-0.15, -0.1) is 0 Å². The average molecular weight is 357 g/mol. The van der Waals surface area contributed by atoms with Gasteiger partial charge in [0.15, 0.2) is 35.5 Å². The van der Waals surface area contributed by atoms with Crippen LogP contribution in [-0.4, -0.2) is 55.1 Å². The van der Waals surface area contributed by atoms with Gasteiger partial charge >= 0.3 is 11.9 Å². The monoisotopic (exact) mass is 356 g/mol. The summed E-state index contributed by atoms with van der Waals surface area (Å²) < 4.78 is 17.0. The topological polar surface area (TPSA) is 126 Å². The van der Waals surface area contributed by atoms with Gasteiger partial charge in [0.05, 0.1) is 6.33 Å². The fraction of sp³-hybridized carbons (Fsp3) is 0.462. The third-order valence-corrected chi connectivity index (χ3v) is 3.63. The van der Waals surface area contributed by atoms with Crippen LogP contribution in [-0.2, 0) is 23.8 Å². The minimum absolute atomic E-state index is 0.137. The van der Waals surface area contributed by atoms with E-state index in [-0.39, 0.29) is 5.15 Å². The summed E-state index contributed by atoms with van der Waals surface area (Å²) in [7, 11) is 0. The molecule has 1 fully saturated rings. The zero-order valence-electron chi connectivity index (χ0n) is 12.6. The van der Waals surface area contributed by atoms with Gasteiger partial charge in [-0.05, 0) is 0 Å². The fourth-order valence-electron chi connectivity index (χ4n) is 2.49. The molecule has 1 aliphatic heterocycles. The second kappa shape index (κ2) is 6.30. The number of rotatable bonds is 3. The molecule has 128 valence electrons. The fourth-order valence-corrected chi connectivity index (χ4v) is 2.67. The van der Waals surface area contributed by atoms with Crippen molar-refractivity contribution in [2.24, 2.45) is 0 Å². The summed E-state index contributed by atoms with van der Waals surface area (Å²) in [5.41, 5.74) is 0.627. The summed E-state index contributed by atoms with van der Waals surface area (Å²) in [6, 6.07) is 0. The van der Waals surface area contributed by atoms with Gasteiger partial charge in [-0.2, -0.15) is 0 Å². The summed E-state index contributed by atoms with van der Waals surface area (Å²) in [4.78, 5) is 34.6. The molecule has 2 aromatic heterocycles. The molecule has 3 rings (SSSR count). The molecule has 0 spiro atoms. The van der Waals surface area contributed by atoms with Crippen molar-refractivity contribution < 1.29 is 28.9 Å². The first-order chi connectivity index (χ1) is 11.4. The Morgan fingerprint density at radius 3 is 2.54 bits per heavy atom. The number of carbonyl (C=O) groups excluding carboxylic acids is 2. The number of carbonyl (C=O) groups is 2. The molecule has 0 bridgehead atoms. The van der Waals surface area contributed by atoms with Crippen molar-refractivity contribution in [2.75, 3.05) is 0 Å². The van der Waals surface area contributed by atoms with E-state index < -0.39 is 36.7 Å². The Morgan fingerprint density at radius 2 is 1.88 bits per heavy atom. The number of hydrogen-bond acceptors (Lipinski definition) is 9. The van der Waals surface area contributed by atoms with Gasteiger partial charge in [0.1, 0.15) is 11.8 Å². The van der Waals surface area contributed by atoms with Crippen LogP contribution in [0, 0.1) is 0 Å². The highest BCUT2D eigenvalue weighted by Gasteiger charge is 2.50. The van der Waals surface area contributed by atoms with Gasteiger partial charge in [0.2, 0.25) is 0 Å². The molecule has 0 amide bonds. The van der Waals surface area contributed by atoms with Crippen LogP contribution in [0.25, 0.3) is 11.2 Å². The van der Waals surface area contributed by atoms with Crippen molar-refractivity contribution >= 4 is 34.7 Å². The van der Waals surface area contributed by atoms with Gasteiger partial charge in [-0.1, -0.05) is 11.6 Å². The number of ether oxygens (including phenoxy) is 3. The molecule has 24 heavy (non-hydrogen) atoms. The number of nitrogens with zero attached hydrogens (tertiary/aromatic N) is 4. The van der Waals surface area contributed by atoms with Gasteiger partial charge in [0, 0.05) is 13.8 Å². The molecule has 0 radical (unpaired) electrons. The first-order valence-corrected chi connectivity index (χ1v) is 7.27. The van der Waals surface area contributed by atoms with Crippen LogP contribution in [0.1, 0.15) is 20.1 Å². The summed E-state index contributed by atoms with van der Waals surface area (Å²) in [5.74, 6) is -1.28. The van der Waals surface area contributed by atoms with Crippen LogP contribution in [0.15, 0.2) is 12.7 Å². The van der Waals surface area contributed by atoms with E-state index in [0.717, 1.165) is 0 Å². The third kappa shape index (κ3) is 2.90. The maximum atomic E-state index is 11.4. The SMILES string of the molecule is CC(=O)O[C@@H]1[C@@H](OC(C)=O)[C@H](n2cnc3c(Cl)ncnc32)O[C@H]1O. The van der Waals surface area contributed by atoms with Crippen molar-refractivity contribution in [2.45, 2.75) is 38.6 Å². The number of aliphatic hydroxyl groups excluding tert-OH is 1. The Bertz CT molecular complexity index is 796. The molecule has 10 nitrogen and oxygen atoms in total. The predicted molar refractivity (Wildman–Crippen MR) is 77.6 cm³/mol. The van der Waals surface area contributed by atoms with Crippen LogP contribution in [0.4, 0.5) is 0 Å². The Kier molecular flexibility index (Phi) is 4.35. The van der Waals surface area contributed by atoms with E-state index >= 15 is 0 Å². The van der Waals surface area contributed by atoms with Crippen LogP contribution >= 0.6 is 11.6 Å². The molecule has 11 heteroatoms. The van der Waals surface area contributed by atoms with E-state index in [9.17, 15) is 14.7 Å². The van der Waals surface area contributed by atoms with E-state index in [0.29, 0.717) is 11.2 Å². The number of halogens is 1. The molecule has 1 saturated heterocycles. The Labute approximate surface area is 140 Å². The highest BCUT2D eigenvalue weighted by Crippen LogP contribution is 2.35. The lowest BCUT2D eigenvalue weighted by Crippen LogP contribution is -2.38. The van der Waals surface area contributed by atoms with E-state index in [1.165, 1.54) is 31.1 Å². The summed E-state index contributed by atoms with van der Waals surface area (Å²) in [6.07, 6.45) is -2.19. The quantitative estimate of drug-likeness (QED) is 0.605. The van der Waals surface area contributed by atoms with E-state index in [4.69, 9.17) is 25.8 Å². The molecule has 1 aliphatic rings. The molecule has 0 unspecified atom stereocenters. The summed E-state index contributed by atoms with van der Waals surface area (Å²) >= 11 is 5.95. The lowest BCUT2D eigenvalue weighted by molar-refractivity contribution is -0.174. The average Bonchev–Trinajstić information content (AvgIpc) is 3.03. The highest BCUT2D eigenvalue weighted by molar-refractivity contribution is 6.33. The maximum absolute atomic E-state index is 11.4. The maximum Gasteiger partial charge on any atom is 0.303 e. The molecule has 1 N–H and O–H groups in total. The number of hydrogen-bond donors (Lipinski definition) is 1. The summed E-state index contributed by atoms with van der Waals surface area (Å²) in [5, 5.41) is 10.2. The highest BCUT2D eigenvalue weighted by atomic mass is 35.5. The molecule has 0 aliphatic carbocycles. The van der Waals surface area contributed by atoms with Gasteiger partial charge < -0.3 is 19.3 Å². The number of fused-ring (bicyclic) bond motifs is 1. The molecule has 0 saturated carbocycles. The van der Waals surface area contributed by atoms with Crippen molar-refractivity contribution in [1.29, 1.82) is 0 Å². The van der Waals surface area contributed by atoms with E-state index in [1.807, 2.05) is 0 Å². The van der Waals surface area contributed by atoms with E-state index in [2.05, 4.69) is 15.0 Å². The van der Waals surface area contributed by atoms with Gasteiger partial charge in [-0.3, -0.25) is 14.2 Å². The van der Waals surface area contributed by atoms with Crippen molar-refractivity contribution in [3.63, 3.8) is 0 Å². The second-order valence-corrected chi connectivity index (χ2v) is 5.41. The smallest absolute Gasteiger partial charge is 0.303 e. The Morgan fingerprint density at radius 1 is 1.21 bits per heavy atom. The zero-order valence-corrected chi connectivity index (χ0v) is 13.4. The van der Waals surface area contributed by atoms with Crippen LogP contribution in [0.3, 0.4) is 0 Å². The van der Waals surface area contributed by atoms with Crippen molar-refractivity contribution in [1.82, 2.24) is 19.5 Å². The molecular weight excluding hydrogens is 344 g/mol.